The maximum Gasteiger partial charge on any atom is 0.129 e. The molecule has 0 amide bonds. The molecule has 1 saturated carbocycles. The zero-order valence-electron chi connectivity index (χ0n) is 9.93. The SMILES string of the molecule is C=C(c1c(Cl)cnc2c1CCN2)C1CCCC1. The van der Waals surface area contributed by atoms with Crippen LogP contribution in [0.4, 0.5) is 5.82 Å². The number of rotatable bonds is 2. The maximum atomic E-state index is 6.33. The number of hydrogen-bond acceptors (Lipinski definition) is 2. The molecule has 0 bridgehead atoms. The minimum Gasteiger partial charge on any atom is -0.369 e. The lowest BCUT2D eigenvalue weighted by atomic mass is 9.90. The molecule has 0 unspecified atom stereocenters. The lowest BCUT2D eigenvalue weighted by molar-refractivity contribution is 0.706. The van der Waals surface area contributed by atoms with Crippen LogP contribution in [0.15, 0.2) is 12.8 Å². The summed E-state index contributed by atoms with van der Waals surface area (Å²) < 4.78 is 0. The van der Waals surface area contributed by atoms with E-state index in [0.717, 1.165) is 23.8 Å². The van der Waals surface area contributed by atoms with Crippen molar-refractivity contribution in [2.24, 2.45) is 5.92 Å². The Labute approximate surface area is 107 Å². The smallest absolute Gasteiger partial charge is 0.129 e. The van der Waals surface area contributed by atoms with E-state index in [1.807, 2.05) is 0 Å². The minimum atomic E-state index is 0.625. The Morgan fingerprint density at radius 2 is 2.18 bits per heavy atom. The van der Waals surface area contributed by atoms with Crippen LogP contribution in [-0.2, 0) is 6.42 Å². The molecule has 90 valence electrons. The highest BCUT2D eigenvalue weighted by atomic mass is 35.5. The fraction of sp³-hybridized carbons (Fsp3) is 0.500. The van der Waals surface area contributed by atoms with Gasteiger partial charge in [0.15, 0.2) is 0 Å². The Morgan fingerprint density at radius 1 is 1.41 bits per heavy atom. The Bertz CT molecular complexity index is 462. The quantitative estimate of drug-likeness (QED) is 0.859. The van der Waals surface area contributed by atoms with Gasteiger partial charge in [-0.05, 0) is 30.8 Å². The summed E-state index contributed by atoms with van der Waals surface area (Å²) in [7, 11) is 0. The molecular formula is C14H17ClN2. The minimum absolute atomic E-state index is 0.625. The van der Waals surface area contributed by atoms with E-state index in [2.05, 4.69) is 16.9 Å². The molecule has 1 aliphatic carbocycles. The van der Waals surface area contributed by atoms with E-state index in [9.17, 15) is 0 Å². The molecule has 1 N–H and O–H groups in total. The number of halogens is 1. The zero-order chi connectivity index (χ0) is 11.8. The molecule has 0 atom stereocenters. The van der Waals surface area contributed by atoms with Gasteiger partial charge in [-0.1, -0.05) is 31.0 Å². The number of nitrogens with one attached hydrogen (secondary N) is 1. The van der Waals surface area contributed by atoms with Crippen molar-refractivity contribution in [1.29, 1.82) is 0 Å². The highest BCUT2D eigenvalue weighted by Crippen LogP contribution is 2.41. The van der Waals surface area contributed by atoms with Gasteiger partial charge >= 0.3 is 0 Å². The highest BCUT2D eigenvalue weighted by Gasteiger charge is 2.25. The molecule has 0 radical (unpaired) electrons. The largest absolute Gasteiger partial charge is 0.369 e. The number of anilines is 1. The number of allylic oxidation sites excluding steroid dienone is 1. The summed E-state index contributed by atoms with van der Waals surface area (Å²) in [6.45, 7) is 5.27. The average Bonchev–Trinajstić information content (AvgIpc) is 2.98. The van der Waals surface area contributed by atoms with Crippen LogP contribution in [0.1, 0.15) is 36.8 Å². The Hall–Kier alpha value is -1.02. The molecule has 1 aromatic heterocycles. The first-order chi connectivity index (χ1) is 8.27. The van der Waals surface area contributed by atoms with Gasteiger partial charge in [0, 0.05) is 23.9 Å². The third kappa shape index (κ3) is 1.85. The summed E-state index contributed by atoms with van der Waals surface area (Å²) in [6.07, 6.45) is 7.96. The number of fused-ring (bicyclic) bond motifs is 1. The van der Waals surface area contributed by atoms with Crippen LogP contribution in [0.5, 0.6) is 0 Å². The molecule has 1 aliphatic heterocycles. The molecule has 0 spiro atoms. The third-order valence-electron chi connectivity index (χ3n) is 3.97. The molecule has 3 heteroatoms. The van der Waals surface area contributed by atoms with Gasteiger partial charge in [0.1, 0.15) is 5.82 Å². The van der Waals surface area contributed by atoms with Crippen molar-refractivity contribution in [1.82, 2.24) is 4.98 Å². The first kappa shape index (κ1) is 11.1. The number of aromatic nitrogens is 1. The summed E-state index contributed by atoms with van der Waals surface area (Å²) in [4.78, 5) is 4.34. The van der Waals surface area contributed by atoms with Crippen molar-refractivity contribution >= 4 is 23.0 Å². The van der Waals surface area contributed by atoms with Crippen molar-refractivity contribution in [3.8, 4) is 0 Å². The van der Waals surface area contributed by atoms with Crippen LogP contribution >= 0.6 is 11.6 Å². The lowest BCUT2D eigenvalue weighted by Gasteiger charge is -2.17. The van der Waals surface area contributed by atoms with Gasteiger partial charge in [0.2, 0.25) is 0 Å². The van der Waals surface area contributed by atoms with Crippen molar-refractivity contribution in [2.75, 3.05) is 11.9 Å². The zero-order valence-corrected chi connectivity index (χ0v) is 10.7. The summed E-state index contributed by atoms with van der Waals surface area (Å²) in [5.74, 6) is 1.63. The third-order valence-corrected chi connectivity index (χ3v) is 4.26. The van der Waals surface area contributed by atoms with Crippen molar-refractivity contribution in [3.63, 3.8) is 0 Å². The van der Waals surface area contributed by atoms with E-state index in [0.29, 0.717) is 5.92 Å². The number of hydrogen-bond donors (Lipinski definition) is 1. The molecule has 2 heterocycles. The average molecular weight is 249 g/mol. The molecule has 1 fully saturated rings. The first-order valence-corrected chi connectivity index (χ1v) is 6.75. The van der Waals surface area contributed by atoms with Gasteiger partial charge in [-0.25, -0.2) is 4.98 Å². The molecule has 17 heavy (non-hydrogen) atoms. The van der Waals surface area contributed by atoms with Crippen LogP contribution in [0, 0.1) is 5.92 Å². The molecule has 2 nitrogen and oxygen atoms in total. The van der Waals surface area contributed by atoms with E-state index in [1.54, 1.807) is 6.20 Å². The molecular weight excluding hydrogens is 232 g/mol. The van der Waals surface area contributed by atoms with E-state index >= 15 is 0 Å². The molecule has 0 aromatic carbocycles. The normalized spacial score (nSPS) is 19.1. The Balaban J connectivity index is 2.01. The first-order valence-electron chi connectivity index (χ1n) is 6.38. The number of pyridine rings is 1. The Kier molecular flexibility index (Phi) is 2.83. The fourth-order valence-electron chi connectivity index (χ4n) is 3.05. The van der Waals surface area contributed by atoms with Crippen molar-refractivity contribution in [2.45, 2.75) is 32.1 Å². The van der Waals surface area contributed by atoms with E-state index in [-0.39, 0.29) is 0 Å². The molecule has 3 rings (SSSR count). The van der Waals surface area contributed by atoms with Crippen LogP contribution in [0.25, 0.3) is 5.57 Å². The molecule has 0 saturated heterocycles. The van der Waals surface area contributed by atoms with Gasteiger partial charge in [-0.3, -0.25) is 0 Å². The summed E-state index contributed by atoms with van der Waals surface area (Å²) in [6, 6.07) is 0. The summed E-state index contributed by atoms with van der Waals surface area (Å²) in [5.41, 5.74) is 3.68. The van der Waals surface area contributed by atoms with Gasteiger partial charge in [0.25, 0.3) is 0 Å². The summed E-state index contributed by atoms with van der Waals surface area (Å²) >= 11 is 6.33. The van der Waals surface area contributed by atoms with Crippen LogP contribution in [-0.4, -0.2) is 11.5 Å². The van der Waals surface area contributed by atoms with Crippen LogP contribution < -0.4 is 5.32 Å². The Morgan fingerprint density at radius 3 is 2.94 bits per heavy atom. The monoisotopic (exact) mass is 248 g/mol. The second-order valence-corrected chi connectivity index (χ2v) is 5.40. The topological polar surface area (TPSA) is 24.9 Å². The van der Waals surface area contributed by atoms with Crippen molar-refractivity contribution < 1.29 is 0 Å². The summed E-state index contributed by atoms with van der Waals surface area (Å²) in [5, 5.41) is 4.07. The second-order valence-electron chi connectivity index (χ2n) is 4.99. The fourth-order valence-corrected chi connectivity index (χ4v) is 3.34. The second kappa shape index (κ2) is 4.34. The predicted octanol–water partition coefficient (Wildman–Crippen LogP) is 3.91. The van der Waals surface area contributed by atoms with E-state index in [4.69, 9.17) is 11.6 Å². The van der Waals surface area contributed by atoms with E-state index in [1.165, 1.54) is 42.4 Å². The lowest BCUT2D eigenvalue weighted by Crippen LogP contribution is -2.01. The number of nitrogens with zero attached hydrogens (tertiary/aromatic N) is 1. The highest BCUT2D eigenvalue weighted by molar-refractivity contribution is 6.32. The van der Waals surface area contributed by atoms with Gasteiger partial charge in [-0.2, -0.15) is 0 Å². The van der Waals surface area contributed by atoms with Crippen LogP contribution in [0.2, 0.25) is 5.02 Å². The standard InChI is InChI=1S/C14H17ClN2/c1-9(10-4-2-3-5-10)13-11-6-7-16-14(11)17-8-12(13)15/h8,10H,1-7H2,(H,16,17). The maximum absolute atomic E-state index is 6.33. The van der Waals surface area contributed by atoms with Gasteiger partial charge < -0.3 is 5.32 Å². The molecule has 2 aliphatic rings. The molecule has 1 aromatic rings. The van der Waals surface area contributed by atoms with Gasteiger partial charge in [0.05, 0.1) is 5.02 Å². The van der Waals surface area contributed by atoms with Crippen LogP contribution in [0.3, 0.4) is 0 Å². The van der Waals surface area contributed by atoms with Gasteiger partial charge in [-0.15, -0.1) is 0 Å². The predicted molar refractivity (Wildman–Crippen MR) is 72.4 cm³/mol. The van der Waals surface area contributed by atoms with E-state index < -0.39 is 0 Å². The van der Waals surface area contributed by atoms with Crippen molar-refractivity contribution in [3.05, 3.63) is 28.9 Å².